The molecule has 4 nitrogen and oxygen atoms in total. The van der Waals surface area contributed by atoms with Crippen molar-refractivity contribution in [2.24, 2.45) is 0 Å². The van der Waals surface area contributed by atoms with E-state index in [4.69, 9.17) is 0 Å². The number of nitrogens with zero attached hydrogens (tertiary/aromatic N) is 1. The predicted molar refractivity (Wildman–Crippen MR) is 90.2 cm³/mol. The first-order valence-corrected chi connectivity index (χ1v) is 8.02. The van der Waals surface area contributed by atoms with Gasteiger partial charge in [0.05, 0.1) is 13.0 Å². The molecule has 1 N–H and O–H groups in total. The highest BCUT2D eigenvalue weighted by molar-refractivity contribution is 7.08. The van der Waals surface area contributed by atoms with Crippen LogP contribution in [-0.2, 0) is 16.0 Å². The smallest absolute Gasteiger partial charge is 0.243 e. The van der Waals surface area contributed by atoms with Crippen LogP contribution in [0.4, 0.5) is 5.69 Å². The molecule has 0 aliphatic carbocycles. The summed E-state index contributed by atoms with van der Waals surface area (Å²) in [6.07, 6.45) is 0.330. The molecule has 1 heterocycles. The maximum atomic E-state index is 12.1. The van der Waals surface area contributed by atoms with Crippen molar-refractivity contribution in [3.63, 3.8) is 0 Å². The topological polar surface area (TPSA) is 49.4 Å². The number of aryl methyl sites for hydroxylation is 2. The number of carbonyl (C=O) groups is 2. The van der Waals surface area contributed by atoms with Crippen molar-refractivity contribution >= 4 is 28.8 Å². The van der Waals surface area contributed by atoms with Crippen molar-refractivity contribution in [3.05, 3.63) is 51.7 Å². The molecule has 0 saturated carbocycles. The highest BCUT2D eigenvalue weighted by Gasteiger charge is 2.15. The third kappa shape index (κ3) is 4.18. The first-order valence-electron chi connectivity index (χ1n) is 7.08. The van der Waals surface area contributed by atoms with Gasteiger partial charge in [-0.15, -0.1) is 0 Å². The van der Waals surface area contributed by atoms with Gasteiger partial charge in [-0.3, -0.25) is 9.59 Å². The zero-order valence-electron chi connectivity index (χ0n) is 13.1. The van der Waals surface area contributed by atoms with Gasteiger partial charge in [0.25, 0.3) is 0 Å². The molecule has 5 heteroatoms. The van der Waals surface area contributed by atoms with E-state index >= 15 is 0 Å². The molecule has 22 heavy (non-hydrogen) atoms. The van der Waals surface area contributed by atoms with Crippen LogP contribution in [0.25, 0.3) is 0 Å². The Morgan fingerprint density at radius 1 is 1.18 bits per heavy atom. The van der Waals surface area contributed by atoms with Gasteiger partial charge in [0.2, 0.25) is 11.8 Å². The average Bonchev–Trinajstić information content (AvgIpc) is 2.96. The summed E-state index contributed by atoms with van der Waals surface area (Å²) >= 11 is 1.56. The first-order chi connectivity index (χ1) is 10.5. The van der Waals surface area contributed by atoms with E-state index in [2.05, 4.69) is 5.32 Å². The van der Waals surface area contributed by atoms with Crippen LogP contribution in [0.5, 0.6) is 0 Å². The Morgan fingerprint density at radius 2 is 1.86 bits per heavy atom. The lowest BCUT2D eigenvalue weighted by Crippen LogP contribution is -2.36. The van der Waals surface area contributed by atoms with E-state index in [0.29, 0.717) is 6.42 Å². The molecule has 2 rings (SSSR count). The number of thiophene rings is 1. The molecule has 0 fully saturated rings. The second-order valence-electron chi connectivity index (χ2n) is 5.37. The zero-order chi connectivity index (χ0) is 16.1. The normalized spacial score (nSPS) is 10.3. The van der Waals surface area contributed by atoms with Gasteiger partial charge in [-0.1, -0.05) is 18.2 Å². The van der Waals surface area contributed by atoms with Gasteiger partial charge >= 0.3 is 0 Å². The molecule has 0 radical (unpaired) electrons. The highest BCUT2D eigenvalue weighted by atomic mass is 32.1. The lowest BCUT2D eigenvalue weighted by atomic mass is 10.1. The fourth-order valence-electron chi connectivity index (χ4n) is 2.20. The van der Waals surface area contributed by atoms with E-state index in [1.165, 1.54) is 4.90 Å². The number of rotatable bonds is 5. The Hall–Kier alpha value is -2.14. The molecule has 1 aromatic carbocycles. The van der Waals surface area contributed by atoms with E-state index in [9.17, 15) is 9.59 Å². The quantitative estimate of drug-likeness (QED) is 0.922. The summed E-state index contributed by atoms with van der Waals surface area (Å²) in [5, 5.41) is 6.78. The average molecular weight is 316 g/mol. The minimum Gasteiger partial charge on any atom is -0.336 e. The van der Waals surface area contributed by atoms with Crippen molar-refractivity contribution < 1.29 is 9.59 Å². The number of para-hydroxylation sites is 1. The van der Waals surface area contributed by atoms with Crippen LogP contribution in [0.15, 0.2) is 35.0 Å². The summed E-state index contributed by atoms with van der Waals surface area (Å²) in [5.41, 5.74) is 3.84. The van der Waals surface area contributed by atoms with Gasteiger partial charge in [0, 0.05) is 12.7 Å². The van der Waals surface area contributed by atoms with E-state index < -0.39 is 0 Å². The molecular formula is C17H20N2O2S. The molecule has 0 aliphatic heterocycles. The second kappa shape index (κ2) is 7.22. The molecule has 0 aliphatic rings. The zero-order valence-corrected chi connectivity index (χ0v) is 13.9. The van der Waals surface area contributed by atoms with Crippen LogP contribution < -0.4 is 5.32 Å². The SMILES string of the molecule is Cc1cccc(C)c1NC(=O)CN(C)C(=O)Cc1ccsc1. The number of nitrogens with one attached hydrogen (secondary N) is 1. The molecular weight excluding hydrogens is 296 g/mol. The van der Waals surface area contributed by atoms with Gasteiger partial charge in [0.15, 0.2) is 0 Å². The first kappa shape index (κ1) is 16.2. The number of amides is 2. The Bertz CT molecular complexity index is 645. The predicted octanol–water partition coefficient (Wildman–Crippen LogP) is 3.00. The van der Waals surface area contributed by atoms with Crippen molar-refractivity contribution in [1.82, 2.24) is 4.90 Å². The maximum absolute atomic E-state index is 12.1. The molecule has 0 atom stereocenters. The largest absolute Gasteiger partial charge is 0.336 e. The van der Waals surface area contributed by atoms with Crippen LogP contribution in [0.3, 0.4) is 0 Å². The highest BCUT2D eigenvalue weighted by Crippen LogP contribution is 2.19. The molecule has 2 amide bonds. The number of hydrogen-bond donors (Lipinski definition) is 1. The van der Waals surface area contributed by atoms with Crippen molar-refractivity contribution in [1.29, 1.82) is 0 Å². The maximum Gasteiger partial charge on any atom is 0.243 e. The monoisotopic (exact) mass is 316 g/mol. The van der Waals surface area contributed by atoms with Crippen LogP contribution in [-0.4, -0.2) is 30.3 Å². The molecule has 2 aromatic rings. The minimum absolute atomic E-state index is 0.0523. The van der Waals surface area contributed by atoms with E-state index in [1.54, 1.807) is 18.4 Å². The number of likely N-dealkylation sites (N-methyl/N-ethyl adjacent to an activating group) is 1. The van der Waals surface area contributed by atoms with Gasteiger partial charge in [-0.25, -0.2) is 0 Å². The summed E-state index contributed by atoms with van der Waals surface area (Å²) < 4.78 is 0. The molecule has 0 unspecified atom stereocenters. The standard InChI is InChI=1S/C17H20N2O2S/c1-12-5-4-6-13(2)17(12)18-15(20)10-19(3)16(21)9-14-7-8-22-11-14/h4-8,11H,9-10H2,1-3H3,(H,18,20). The van der Waals surface area contributed by atoms with E-state index in [-0.39, 0.29) is 18.4 Å². The van der Waals surface area contributed by atoms with Crippen LogP contribution in [0, 0.1) is 13.8 Å². The van der Waals surface area contributed by atoms with Crippen molar-refractivity contribution in [2.45, 2.75) is 20.3 Å². The molecule has 0 saturated heterocycles. The third-order valence-corrected chi connectivity index (χ3v) is 4.22. The fraction of sp³-hybridized carbons (Fsp3) is 0.294. The van der Waals surface area contributed by atoms with E-state index in [1.807, 2.05) is 48.9 Å². The molecule has 0 spiro atoms. The minimum atomic E-state index is -0.182. The summed E-state index contributed by atoms with van der Waals surface area (Å²) in [6.45, 7) is 3.96. The molecule has 1 aromatic heterocycles. The van der Waals surface area contributed by atoms with Gasteiger partial charge in [-0.05, 0) is 47.4 Å². The Morgan fingerprint density at radius 3 is 2.45 bits per heavy atom. The second-order valence-corrected chi connectivity index (χ2v) is 6.15. The molecule has 0 bridgehead atoms. The van der Waals surface area contributed by atoms with Gasteiger partial charge in [0.1, 0.15) is 0 Å². The van der Waals surface area contributed by atoms with Crippen LogP contribution in [0.1, 0.15) is 16.7 Å². The summed E-state index contributed by atoms with van der Waals surface area (Å²) in [7, 11) is 1.65. The number of hydrogen-bond acceptors (Lipinski definition) is 3. The summed E-state index contributed by atoms with van der Waals surface area (Å²) in [5.74, 6) is -0.242. The number of benzene rings is 1. The summed E-state index contributed by atoms with van der Waals surface area (Å²) in [6, 6.07) is 7.78. The lowest BCUT2D eigenvalue weighted by Gasteiger charge is -2.18. The summed E-state index contributed by atoms with van der Waals surface area (Å²) in [4.78, 5) is 25.7. The third-order valence-electron chi connectivity index (χ3n) is 3.49. The Labute approximate surface area is 134 Å². The van der Waals surface area contributed by atoms with Crippen LogP contribution in [0.2, 0.25) is 0 Å². The lowest BCUT2D eigenvalue weighted by molar-refractivity contribution is -0.132. The van der Waals surface area contributed by atoms with Crippen LogP contribution >= 0.6 is 11.3 Å². The van der Waals surface area contributed by atoms with Crippen molar-refractivity contribution in [3.8, 4) is 0 Å². The number of anilines is 1. The van der Waals surface area contributed by atoms with Crippen molar-refractivity contribution in [2.75, 3.05) is 18.9 Å². The van der Waals surface area contributed by atoms with Gasteiger partial charge in [-0.2, -0.15) is 11.3 Å². The molecule has 116 valence electrons. The fourth-order valence-corrected chi connectivity index (χ4v) is 2.87. The van der Waals surface area contributed by atoms with E-state index in [0.717, 1.165) is 22.4 Å². The Kier molecular flexibility index (Phi) is 5.33. The Balaban J connectivity index is 1.92. The number of carbonyl (C=O) groups excluding carboxylic acids is 2. The van der Waals surface area contributed by atoms with Gasteiger partial charge < -0.3 is 10.2 Å².